The lowest BCUT2D eigenvalue weighted by Gasteiger charge is -2.11. The summed E-state index contributed by atoms with van der Waals surface area (Å²) in [5, 5.41) is 2.10. The van der Waals surface area contributed by atoms with Crippen LogP contribution < -0.4 is 5.73 Å². The normalized spacial score (nSPS) is 12.6. The van der Waals surface area contributed by atoms with Crippen LogP contribution in [0.3, 0.4) is 0 Å². The van der Waals surface area contributed by atoms with E-state index >= 15 is 0 Å². The van der Waals surface area contributed by atoms with Crippen LogP contribution in [-0.2, 0) is 12.8 Å². The monoisotopic (exact) mass is 323 g/mol. The molecule has 18 heavy (non-hydrogen) atoms. The SMILES string of the molecule is Cc1ccc(CCC(N)Cc2sccc2Br)cc1. The third kappa shape index (κ3) is 3.94. The van der Waals surface area contributed by atoms with Gasteiger partial charge in [-0.3, -0.25) is 0 Å². The first-order valence-corrected chi connectivity index (χ1v) is 7.85. The predicted molar refractivity (Wildman–Crippen MR) is 83.2 cm³/mol. The van der Waals surface area contributed by atoms with Crippen molar-refractivity contribution in [1.29, 1.82) is 0 Å². The largest absolute Gasteiger partial charge is 0.327 e. The van der Waals surface area contributed by atoms with Gasteiger partial charge in [-0.2, -0.15) is 0 Å². The van der Waals surface area contributed by atoms with Gasteiger partial charge in [0, 0.05) is 15.4 Å². The summed E-state index contributed by atoms with van der Waals surface area (Å²) in [5.74, 6) is 0. The fourth-order valence-corrected chi connectivity index (χ4v) is 3.53. The number of nitrogens with two attached hydrogens (primary N) is 1. The topological polar surface area (TPSA) is 26.0 Å². The number of benzene rings is 1. The molecular weight excluding hydrogens is 306 g/mol. The summed E-state index contributed by atoms with van der Waals surface area (Å²) >= 11 is 5.33. The van der Waals surface area contributed by atoms with Crippen LogP contribution in [0.2, 0.25) is 0 Å². The molecule has 1 nitrogen and oxygen atoms in total. The van der Waals surface area contributed by atoms with Crippen LogP contribution >= 0.6 is 27.3 Å². The zero-order valence-electron chi connectivity index (χ0n) is 10.5. The summed E-state index contributed by atoms with van der Waals surface area (Å²) in [6.45, 7) is 2.11. The highest BCUT2D eigenvalue weighted by atomic mass is 79.9. The zero-order chi connectivity index (χ0) is 13.0. The molecule has 0 aliphatic rings. The van der Waals surface area contributed by atoms with E-state index in [1.807, 2.05) is 0 Å². The van der Waals surface area contributed by atoms with Crippen molar-refractivity contribution < 1.29 is 0 Å². The van der Waals surface area contributed by atoms with Crippen LogP contribution in [0.1, 0.15) is 22.4 Å². The van der Waals surface area contributed by atoms with Crippen molar-refractivity contribution in [2.75, 3.05) is 0 Å². The Balaban J connectivity index is 1.83. The first kappa shape index (κ1) is 13.8. The summed E-state index contributed by atoms with van der Waals surface area (Å²) in [6, 6.07) is 11.0. The number of hydrogen-bond acceptors (Lipinski definition) is 2. The molecule has 0 bridgehead atoms. The summed E-state index contributed by atoms with van der Waals surface area (Å²) < 4.78 is 1.19. The number of aryl methyl sites for hydroxylation is 2. The summed E-state index contributed by atoms with van der Waals surface area (Å²) in [6.07, 6.45) is 3.06. The first-order valence-electron chi connectivity index (χ1n) is 6.18. The molecule has 0 fully saturated rings. The van der Waals surface area contributed by atoms with E-state index in [2.05, 4.69) is 58.6 Å². The van der Waals surface area contributed by atoms with E-state index < -0.39 is 0 Å². The second kappa shape index (κ2) is 6.50. The van der Waals surface area contributed by atoms with Gasteiger partial charge in [-0.1, -0.05) is 29.8 Å². The Kier molecular flexibility index (Phi) is 4.98. The maximum absolute atomic E-state index is 6.20. The van der Waals surface area contributed by atoms with Crippen LogP contribution in [0.15, 0.2) is 40.2 Å². The van der Waals surface area contributed by atoms with Gasteiger partial charge in [-0.25, -0.2) is 0 Å². The molecule has 1 atom stereocenters. The summed E-state index contributed by atoms with van der Waals surface area (Å²) in [5.41, 5.74) is 8.88. The maximum atomic E-state index is 6.20. The average molecular weight is 324 g/mol. The molecule has 0 spiro atoms. The molecule has 0 aliphatic carbocycles. The van der Waals surface area contributed by atoms with Crippen molar-refractivity contribution in [1.82, 2.24) is 0 Å². The zero-order valence-corrected chi connectivity index (χ0v) is 12.9. The van der Waals surface area contributed by atoms with Gasteiger partial charge < -0.3 is 5.73 Å². The Bertz CT molecular complexity index is 489. The van der Waals surface area contributed by atoms with Crippen molar-refractivity contribution in [3.63, 3.8) is 0 Å². The molecule has 96 valence electrons. The van der Waals surface area contributed by atoms with Crippen molar-refractivity contribution in [2.45, 2.75) is 32.2 Å². The van der Waals surface area contributed by atoms with Crippen LogP contribution in [0.4, 0.5) is 0 Å². The first-order chi connectivity index (χ1) is 8.65. The van der Waals surface area contributed by atoms with Crippen molar-refractivity contribution >= 4 is 27.3 Å². The smallest absolute Gasteiger partial charge is 0.0314 e. The molecule has 1 unspecified atom stereocenters. The molecule has 0 aliphatic heterocycles. The molecule has 1 aromatic heterocycles. The molecular formula is C15H18BrNS. The maximum Gasteiger partial charge on any atom is 0.0314 e. The minimum atomic E-state index is 0.237. The van der Waals surface area contributed by atoms with Gasteiger partial charge in [0.25, 0.3) is 0 Å². The fourth-order valence-electron chi connectivity index (χ4n) is 1.92. The van der Waals surface area contributed by atoms with E-state index in [1.165, 1.54) is 20.5 Å². The van der Waals surface area contributed by atoms with Crippen molar-refractivity contribution in [3.05, 3.63) is 56.2 Å². The second-order valence-electron chi connectivity index (χ2n) is 4.68. The molecule has 1 aromatic carbocycles. The minimum absolute atomic E-state index is 0.237. The molecule has 3 heteroatoms. The Morgan fingerprint density at radius 3 is 2.56 bits per heavy atom. The molecule has 2 rings (SSSR count). The van der Waals surface area contributed by atoms with Crippen LogP contribution in [-0.4, -0.2) is 6.04 Å². The highest BCUT2D eigenvalue weighted by molar-refractivity contribution is 9.10. The molecule has 0 saturated carbocycles. The van der Waals surface area contributed by atoms with Crippen LogP contribution in [0, 0.1) is 6.92 Å². The standard InChI is InChI=1S/C15H18BrNS/c1-11-2-4-12(5-3-11)6-7-13(17)10-15-14(16)8-9-18-15/h2-5,8-9,13H,6-7,10,17H2,1H3. The van der Waals surface area contributed by atoms with Gasteiger partial charge in [-0.05, 0) is 59.1 Å². The Morgan fingerprint density at radius 1 is 1.22 bits per heavy atom. The third-order valence-corrected chi connectivity index (χ3v) is 5.01. The van der Waals surface area contributed by atoms with E-state index in [0.717, 1.165) is 19.3 Å². The number of rotatable bonds is 5. The van der Waals surface area contributed by atoms with Gasteiger partial charge in [0.05, 0.1) is 0 Å². The molecule has 0 saturated heterocycles. The van der Waals surface area contributed by atoms with Gasteiger partial charge in [0.15, 0.2) is 0 Å². The van der Waals surface area contributed by atoms with Crippen molar-refractivity contribution in [3.8, 4) is 0 Å². The lowest BCUT2D eigenvalue weighted by molar-refractivity contribution is 0.614. The highest BCUT2D eigenvalue weighted by Crippen LogP contribution is 2.24. The van der Waals surface area contributed by atoms with E-state index in [1.54, 1.807) is 11.3 Å². The van der Waals surface area contributed by atoms with Gasteiger partial charge in [0.1, 0.15) is 0 Å². The quantitative estimate of drug-likeness (QED) is 0.871. The Labute approximate surface area is 121 Å². The average Bonchev–Trinajstić information content (AvgIpc) is 2.74. The third-order valence-electron chi connectivity index (χ3n) is 3.06. The lowest BCUT2D eigenvalue weighted by Crippen LogP contribution is -2.23. The molecule has 2 N–H and O–H groups in total. The number of hydrogen-bond donors (Lipinski definition) is 1. The molecule has 1 heterocycles. The van der Waals surface area contributed by atoms with Gasteiger partial charge in [0.2, 0.25) is 0 Å². The van der Waals surface area contributed by atoms with Gasteiger partial charge in [-0.15, -0.1) is 11.3 Å². The number of thiophene rings is 1. The Morgan fingerprint density at radius 2 is 1.94 bits per heavy atom. The molecule has 0 radical (unpaired) electrons. The molecule has 2 aromatic rings. The molecule has 0 amide bonds. The Hall–Kier alpha value is -0.640. The van der Waals surface area contributed by atoms with E-state index in [-0.39, 0.29) is 6.04 Å². The second-order valence-corrected chi connectivity index (χ2v) is 6.54. The highest BCUT2D eigenvalue weighted by Gasteiger charge is 2.08. The van der Waals surface area contributed by atoms with Crippen molar-refractivity contribution in [2.24, 2.45) is 5.73 Å². The summed E-state index contributed by atoms with van der Waals surface area (Å²) in [7, 11) is 0. The van der Waals surface area contributed by atoms with E-state index in [0.29, 0.717) is 0 Å². The number of halogens is 1. The predicted octanol–water partition coefficient (Wildman–Crippen LogP) is 4.32. The lowest BCUT2D eigenvalue weighted by atomic mass is 10.0. The fraction of sp³-hybridized carbons (Fsp3) is 0.333. The van der Waals surface area contributed by atoms with Crippen LogP contribution in [0.25, 0.3) is 0 Å². The van der Waals surface area contributed by atoms with E-state index in [4.69, 9.17) is 5.73 Å². The van der Waals surface area contributed by atoms with E-state index in [9.17, 15) is 0 Å². The van der Waals surface area contributed by atoms with Gasteiger partial charge >= 0.3 is 0 Å². The van der Waals surface area contributed by atoms with Crippen LogP contribution in [0.5, 0.6) is 0 Å². The summed E-state index contributed by atoms with van der Waals surface area (Å²) in [4.78, 5) is 1.35. The minimum Gasteiger partial charge on any atom is -0.327 e.